The van der Waals surface area contributed by atoms with E-state index in [0.717, 1.165) is 10.0 Å². The predicted molar refractivity (Wildman–Crippen MR) is 61.0 cm³/mol. The Hall–Kier alpha value is -1.36. The van der Waals surface area contributed by atoms with E-state index in [1.807, 2.05) is 24.3 Å². The highest BCUT2D eigenvalue weighted by Crippen LogP contribution is 2.30. The van der Waals surface area contributed by atoms with Crippen molar-refractivity contribution in [2.75, 3.05) is 6.54 Å². The number of nitrogens with one attached hydrogen (secondary N) is 1. The summed E-state index contributed by atoms with van der Waals surface area (Å²) in [6.07, 6.45) is 0. The van der Waals surface area contributed by atoms with Crippen LogP contribution >= 0.6 is 15.9 Å². The molecule has 0 saturated carbocycles. The molecule has 1 amide bonds. The van der Waals surface area contributed by atoms with Crippen LogP contribution in [0.1, 0.15) is 11.5 Å². The number of benzene rings is 1. The molecule has 1 aromatic rings. The molecular weight excluding hydrogens is 274 g/mol. The quantitative estimate of drug-likeness (QED) is 0.806. The molecule has 16 heavy (non-hydrogen) atoms. The normalized spacial score (nSPS) is 24.2. The Bertz CT molecular complexity index is 447. The van der Waals surface area contributed by atoms with Crippen molar-refractivity contribution in [3.63, 3.8) is 0 Å². The molecule has 1 fully saturated rings. The van der Waals surface area contributed by atoms with E-state index < -0.39 is 17.8 Å². The molecule has 84 valence electrons. The third-order valence-corrected chi connectivity index (χ3v) is 3.22. The van der Waals surface area contributed by atoms with E-state index in [2.05, 4.69) is 21.2 Å². The molecule has 2 rings (SSSR count). The van der Waals surface area contributed by atoms with Crippen molar-refractivity contribution in [1.82, 2.24) is 5.32 Å². The van der Waals surface area contributed by atoms with E-state index in [1.54, 1.807) is 0 Å². The van der Waals surface area contributed by atoms with E-state index in [9.17, 15) is 9.59 Å². The minimum absolute atomic E-state index is 0.289. The summed E-state index contributed by atoms with van der Waals surface area (Å²) >= 11 is 3.33. The van der Waals surface area contributed by atoms with Crippen molar-refractivity contribution in [2.45, 2.75) is 5.92 Å². The smallest absolute Gasteiger partial charge is 0.316 e. The summed E-state index contributed by atoms with van der Waals surface area (Å²) in [5.41, 5.74) is 0.861. The largest absolute Gasteiger partial charge is 0.481 e. The van der Waals surface area contributed by atoms with Crippen LogP contribution in [-0.4, -0.2) is 23.5 Å². The molecule has 2 N–H and O–H groups in total. The van der Waals surface area contributed by atoms with Crippen LogP contribution in [0.3, 0.4) is 0 Å². The van der Waals surface area contributed by atoms with Crippen LogP contribution in [0.4, 0.5) is 0 Å². The molecule has 1 heterocycles. The van der Waals surface area contributed by atoms with Crippen LogP contribution in [0, 0.1) is 5.92 Å². The summed E-state index contributed by atoms with van der Waals surface area (Å²) in [4.78, 5) is 22.4. The number of amides is 1. The Kier molecular flexibility index (Phi) is 2.96. The van der Waals surface area contributed by atoms with Crippen LogP contribution < -0.4 is 5.32 Å². The van der Waals surface area contributed by atoms with Crippen LogP contribution in [0.5, 0.6) is 0 Å². The van der Waals surface area contributed by atoms with Crippen LogP contribution in [0.2, 0.25) is 0 Å². The maximum atomic E-state index is 11.4. The average molecular weight is 284 g/mol. The molecular formula is C11H10BrNO3. The van der Waals surface area contributed by atoms with Crippen molar-refractivity contribution >= 4 is 27.8 Å². The number of carbonyl (C=O) groups is 2. The molecule has 1 saturated heterocycles. The molecule has 2 atom stereocenters. The maximum Gasteiger partial charge on any atom is 0.316 e. The van der Waals surface area contributed by atoms with Crippen LogP contribution in [0.15, 0.2) is 28.7 Å². The van der Waals surface area contributed by atoms with Gasteiger partial charge in [-0.2, -0.15) is 0 Å². The lowest BCUT2D eigenvalue weighted by Gasteiger charge is -2.13. The van der Waals surface area contributed by atoms with Gasteiger partial charge in [-0.15, -0.1) is 0 Å². The lowest BCUT2D eigenvalue weighted by Crippen LogP contribution is -2.26. The van der Waals surface area contributed by atoms with Crippen LogP contribution in [0.25, 0.3) is 0 Å². The Morgan fingerprint density at radius 3 is 2.88 bits per heavy atom. The first-order valence-corrected chi connectivity index (χ1v) is 5.65. The van der Waals surface area contributed by atoms with Crippen molar-refractivity contribution in [2.24, 2.45) is 5.92 Å². The Morgan fingerprint density at radius 1 is 1.50 bits per heavy atom. The highest BCUT2D eigenvalue weighted by Gasteiger charge is 2.41. The molecule has 1 aliphatic heterocycles. The van der Waals surface area contributed by atoms with Gasteiger partial charge in [-0.25, -0.2) is 0 Å². The highest BCUT2D eigenvalue weighted by molar-refractivity contribution is 9.10. The van der Waals surface area contributed by atoms with Gasteiger partial charge in [0.2, 0.25) is 5.91 Å². The summed E-state index contributed by atoms with van der Waals surface area (Å²) < 4.78 is 0.883. The SMILES string of the molecule is O=C(O)[C@@H]1C(=O)NC[C@@H]1c1cccc(Br)c1. The van der Waals surface area contributed by atoms with E-state index in [0.29, 0.717) is 6.54 Å². The van der Waals surface area contributed by atoms with Gasteiger partial charge in [-0.05, 0) is 17.7 Å². The molecule has 0 spiro atoms. The van der Waals surface area contributed by atoms with Gasteiger partial charge in [0.1, 0.15) is 5.92 Å². The standard InChI is InChI=1S/C11H10BrNO3/c12-7-3-1-2-6(4-7)8-5-13-10(14)9(8)11(15)16/h1-4,8-9H,5H2,(H,13,14)(H,15,16)/t8-,9+/m1/s1. The van der Waals surface area contributed by atoms with E-state index in [4.69, 9.17) is 5.11 Å². The number of hydrogen-bond acceptors (Lipinski definition) is 2. The fourth-order valence-corrected chi connectivity index (χ4v) is 2.37. The second-order valence-corrected chi connectivity index (χ2v) is 4.64. The van der Waals surface area contributed by atoms with E-state index >= 15 is 0 Å². The van der Waals surface area contributed by atoms with Crippen LogP contribution in [-0.2, 0) is 9.59 Å². The zero-order valence-electron chi connectivity index (χ0n) is 8.31. The fourth-order valence-electron chi connectivity index (χ4n) is 1.95. The zero-order chi connectivity index (χ0) is 11.7. The summed E-state index contributed by atoms with van der Waals surface area (Å²) in [5.74, 6) is -2.74. The first-order chi connectivity index (χ1) is 7.59. The molecule has 1 aromatic carbocycles. The number of aliphatic carboxylic acids is 1. The number of halogens is 1. The molecule has 5 heteroatoms. The monoisotopic (exact) mass is 283 g/mol. The Labute approximate surface area is 101 Å². The molecule has 1 aliphatic rings. The van der Waals surface area contributed by atoms with Gasteiger partial charge in [0.15, 0.2) is 0 Å². The topological polar surface area (TPSA) is 66.4 Å². The second kappa shape index (κ2) is 4.25. The molecule has 4 nitrogen and oxygen atoms in total. The number of carboxylic acids is 1. The van der Waals surface area contributed by atoms with Gasteiger partial charge in [0.25, 0.3) is 0 Å². The van der Waals surface area contributed by atoms with Gasteiger partial charge in [0.05, 0.1) is 0 Å². The van der Waals surface area contributed by atoms with Gasteiger partial charge in [0, 0.05) is 16.9 Å². The summed E-state index contributed by atoms with van der Waals surface area (Å²) in [6, 6.07) is 7.39. The Balaban J connectivity index is 2.34. The second-order valence-electron chi connectivity index (χ2n) is 3.72. The van der Waals surface area contributed by atoms with Crippen molar-refractivity contribution < 1.29 is 14.7 Å². The van der Waals surface area contributed by atoms with Gasteiger partial charge in [-0.1, -0.05) is 28.1 Å². The molecule has 0 unspecified atom stereocenters. The maximum absolute atomic E-state index is 11.4. The molecule has 0 aliphatic carbocycles. The molecule has 0 aromatic heterocycles. The van der Waals surface area contributed by atoms with E-state index in [1.165, 1.54) is 0 Å². The first-order valence-electron chi connectivity index (χ1n) is 4.85. The number of hydrogen-bond donors (Lipinski definition) is 2. The van der Waals surface area contributed by atoms with Crippen molar-refractivity contribution in [3.05, 3.63) is 34.3 Å². The highest BCUT2D eigenvalue weighted by atomic mass is 79.9. The number of carbonyl (C=O) groups excluding carboxylic acids is 1. The summed E-state index contributed by atoms with van der Waals surface area (Å²) in [5, 5.41) is 11.6. The minimum atomic E-state index is -1.07. The lowest BCUT2D eigenvalue weighted by atomic mass is 9.89. The average Bonchev–Trinajstić information content (AvgIpc) is 2.60. The van der Waals surface area contributed by atoms with Gasteiger partial charge in [-0.3, -0.25) is 9.59 Å². The summed E-state index contributed by atoms with van der Waals surface area (Å²) in [6.45, 7) is 0.381. The number of carboxylic acid groups (broad SMARTS) is 1. The minimum Gasteiger partial charge on any atom is -0.481 e. The molecule has 0 bridgehead atoms. The van der Waals surface area contributed by atoms with Gasteiger partial charge >= 0.3 is 5.97 Å². The lowest BCUT2D eigenvalue weighted by molar-refractivity contribution is -0.145. The molecule has 0 radical (unpaired) electrons. The van der Waals surface area contributed by atoms with E-state index in [-0.39, 0.29) is 5.92 Å². The fraction of sp³-hybridized carbons (Fsp3) is 0.273. The number of rotatable bonds is 2. The van der Waals surface area contributed by atoms with Gasteiger partial charge < -0.3 is 10.4 Å². The van der Waals surface area contributed by atoms with Crippen molar-refractivity contribution in [1.29, 1.82) is 0 Å². The Morgan fingerprint density at radius 2 is 2.25 bits per heavy atom. The zero-order valence-corrected chi connectivity index (χ0v) is 9.90. The third kappa shape index (κ3) is 1.95. The first kappa shape index (κ1) is 11.1. The van der Waals surface area contributed by atoms with Crippen molar-refractivity contribution in [3.8, 4) is 0 Å². The third-order valence-electron chi connectivity index (χ3n) is 2.72. The summed E-state index contributed by atoms with van der Waals surface area (Å²) in [7, 11) is 0. The predicted octanol–water partition coefficient (Wildman–Crippen LogP) is 1.36.